The van der Waals surface area contributed by atoms with Crippen LogP contribution in [0.15, 0.2) is 23.4 Å². The molecule has 0 atom stereocenters. The number of aliphatic carboxylic acids is 1. The summed E-state index contributed by atoms with van der Waals surface area (Å²) in [6.07, 6.45) is -0.0703. The third-order valence-corrected chi connectivity index (χ3v) is 3.07. The molecule has 1 aromatic heterocycles. The van der Waals surface area contributed by atoms with Crippen LogP contribution in [-0.2, 0) is 11.2 Å². The number of halogens is 2. The van der Waals surface area contributed by atoms with Crippen LogP contribution < -0.4 is 0 Å². The number of hydrogen-bond acceptors (Lipinski definition) is 4. The second kappa shape index (κ2) is 5.79. The summed E-state index contributed by atoms with van der Waals surface area (Å²) >= 11 is 0.928. The van der Waals surface area contributed by atoms with Gasteiger partial charge < -0.3 is 5.11 Å². The SMILES string of the molecule is O=C(O)CSc1n[nH]c(Cc2c(F)cccc2F)n1. The summed E-state index contributed by atoms with van der Waals surface area (Å²) in [7, 11) is 0. The summed E-state index contributed by atoms with van der Waals surface area (Å²) in [5.74, 6) is -2.20. The maximum absolute atomic E-state index is 13.4. The summed E-state index contributed by atoms with van der Waals surface area (Å²) in [6.45, 7) is 0. The highest BCUT2D eigenvalue weighted by Crippen LogP contribution is 2.17. The van der Waals surface area contributed by atoms with Gasteiger partial charge in [0.15, 0.2) is 0 Å². The number of aromatic nitrogens is 3. The van der Waals surface area contributed by atoms with E-state index in [9.17, 15) is 13.6 Å². The van der Waals surface area contributed by atoms with E-state index >= 15 is 0 Å². The lowest BCUT2D eigenvalue weighted by Crippen LogP contribution is -1.99. The molecule has 2 aromatic rings. The molecule has 0 radical (unpaired) electrons. The van der Waals surface area contributed by atoms with Crippen molar-refractivity contribution in [2.24, 2.45) is 0 Å². The number of benzene rings is 1. The molecule has 0 spiro atoms. The van der Waals surface area contributed by atoms with Crippen LogP contribution in [0.3, 0.4) is 0 Å². The van der Waals surface area contributed by atoms with Crippen LogP contribution in [-0.4, -0.2) is 32.0 Å². The number of thioether (sulfide) groups is 1. The molecule has 1 heterocycles. The summed E-state index contributed by atoms with van der Waals surface area (Å²) in [6, 6.07) is 3.60. The maximum atomic E-state index is 13.4. The topological polar surface area (TPSA) is 78.9 Å². The number of aromatic amines is 1. The Bertz CT molecular complexity index is 583. The van der Waals surface area contributed by atoms with E-state index in [2.05, 4.69) is 15.2 Å². The summed E-state index contributed by atoms with van der Waals surface area (Å²) in [5.41, 5.74) is -0.103. The fraction of sp³-hybridized carbons (Fsp3) is 0.182. The summed E-state index contributed by atoms with van der Waals surface area (Å²) in [4.78, 5) is 14.3. The standard InChI is InChI=1S/C11H9F2N3O2S/c12-7-2-1-3-8(13)6(7)4-9-14-11(16-15-9)19-5-10(17)18/h1-3H,4-5H2,(H,17,18)(H,14,15,16). The molecule has 2 N–H and O–H groups in total. The minimum atomic E-state index is -0.989. The van der Waals surface area contributed by atoms with Crippen LogP contribution in [0.25, 0.3) is 0 Å². The molecule has 0 aliphatic carbocycles. The Hall–Kier alpha value is -1.96. The van der Waals surface area contributed by atoms with Crippen LogP contribution in [0.1, 0.15) is 11.4 Å². The molecular weight excluding hydrogens is 276 g/mol. The maximum Gasteiger partial charge on any atom is 0.313 e. The van der Waals surface area contributed by atoms with Crippen LogP contribution >= 0.6 is 11.8 Å². The van der Waals surface area contributed by atoms with Crippen LogP contribution in [0.5, 0.6) is 0 Å². The molecule has 0 saturated carbocycles. The van der Waals surface area contributed by atoms with Gasteiger partial charge >= 0.3 is 5.97 Å². The van der Waals surface area contributed by atoms with Crippen molar-refractivity contribution in [3.05, 3.63) is 41.2 Å². The van der Waals surface area contributed by atoms with Crippen molar-refractivity contribution < 1.29 is 18.7 Å². The van der Waals surface area contributed by atoms with Crippen LogP contribution in [0.2, 0.25) is 0 Å². The zero-order valence-corrected chi connectivity index (χ0v) is 10.4. The number of nitrogens with one attached hydrogen (secondary N) is 1. The van der Waals surface area contributed by atoms with Gasteiger partial charge in [-0.2, -0.15) is 0 Å². The van der Waals surface area contributed by atoms with Gasteiger partial charge in [0.25, 0.3) is 0 Å². The first-order valence-electron chi connectivity index (χ1n) is 5.25. The monoisotopic (exact) mass is 285 g/mol. The van der Waals surface area contributed by atoms with Crippen molar-refractivity contribution in [3.63, 3.8) is 0 Å². The zero-order valence-electron chi connectivity index (χ0n) is 9.56. The number of carboxylic acid groups (broad SMARTS) is 1. The Kier molecular flexibility index (Phi) is 4.10. The van der Waals surface area contributed by atoms with E-state index in [0.717, 1.165) is 23.9 Å². The second-order valence-corrected chi connectivity index (χ2v) is 4.57. The molecule has 0 fully saturated rings. The quantitative estimate of drug-likeness (QED) is 0.820. The first-order chi connectivity index (χ1) is 9.06. The van der Waals surface area contributed by atoms with E-state index in [1.807, 2.05) is 0 Å². The predicted molar refractivity (Wildman–Crippen MR) is 63.9 cm³/mol. The van der Waals surface area contributed by atoms with Crippen molar-refractivity contribution in [2.75, 3.05) is 5.75 Å². The minimum absolute atomic E-state index is 0.0703. The van der Waals surface area contributed by atoms with Crippen LogP contribution in [0.4, 0.5) is 8.78 Å². The molecule has 0 amide bonds. The molecule has 0 aliphatic rings. The Morgan fingerprint density at radius 1 is 1.37 bits per heavy atom. The van der Waals surface area contributed by atoms with Gasteiger partial charge in [-0.25, -0.2) is 13.8 Å². The van der Waals surface area contributed by atoms with Crippen molar-refractivity contribution in [1.29, 1.82) is 0 Å². The number of carbonyl (C=O) groups is 1. The third kappa shape index (κ3) is 3.50. The molecular formula is C11H9F2N3O2S. The summed E-state index contributed by atoms with van der Waals surface area (Å²) < 4.78 is 26.8. The highest BCUT2D eigenvalue weighted by molar-refractivity contribution is 7.99. The fourth-order valence-corrected chi connectivity index (χ4v) is 1.95. The average molecular weight is 285 g/mol. The van der Waals surface area contributed by atoms with E-state index in [4.69, 9.17) is 5.11 Å². The van der Waals surface area contributed by atoms with Gasteiger partial charge in [-0.1, -0.05) is 17.8 Å². The molecule has 0 aliphatic heterocycles. The minimum Gasteiger partial charge on any atom is -0.481 e. The Labute approximate surface area is 111 Å². The van der Waals surface area contributed by atoms with Crippen molar-refractivity contribution in [2.45, 2.75) is 11.6 Å². The van der Waals surface area contributed by atoms with Gasteiger partial charge in [-0.15, -0.1) is 5.10 Å². The third-order valence-electron chi connectivity index (χ3n) is 2.24. The molecule has 2 rings (SSSR count). The average Bonchev–Trinajstić information content (AvgIpc) is 2.79. The van der Waals surface area contributed by atoms with E-state index in [0.29, 0.717) is 0 Å². The zero-order chi connectivity index (χ0) is 13.8. The van der Waals surface area contributed by atoms with Gasteiger partial charge in [0.05, 0.1) is 5.75 Å². The number of hydrogen-bond donors (Lipinski definition) is 2. The Balaban J connectivity index is 2.09. The number of carboxylic acids is 1. The second-order valence-electron chi connectivity index (χ2n) is 3.62. The van der Waals surface area contributed by atoms with Gasteiger partial charge in [0, 0.05) is 12.0 Å². The van der Waals surface area contributed by atoms with E-state index in [1.54, 1.807) is 0 Å². The fourth-order valence-electron chi connectivity index (χ4n) is 1.42. The Morgan fingerprint density at radius 2 is 2.05 bits per heavy atom. The lowest BCUT2D eigenvalue weighted by Gasteiger charge is -2.01. The van der Waals surface area contributed by atoms with E-state index < -0.39 is 17.6 Å². The highest BCUT2D eigenvalue weighted by atomic mass is 32.2. The lowest BCUT2D eigenvalue weighted by molar-refractivity contribution is -0.133. The van der Waals surface area contributed by atoms with Gasteiger partial charge in [-0.05, 0) is 12.1 Å². The van der Waals surface area contributed by atoms with Gasteiger partial charge in [0.2, 0.25) is 5.16 Å². The number of H-pyrrole nitrogens is 1. The molecule has 8 heteroatoms. The molecule has 19 heavy (non-hydrogen) atoms. The number of nitrogens with zero attached hydrogens (tertiary/aromatic N) is 2. The van der Waals surface area contributed by atoms with Gasteiger partial charge in [-0.3, -0.25) is 9.89 Å². The number of rotatable bonds is 5. The molecule has 0 bridgehead atoms. The van der Waals surface area contributed by atoms with Crippen LogP contribution in [0, 0.1) is 11.6 Å². The highest BCUT2D eigenvalue weighted by Gasteiger charge is 2.12. The van der Waals surface area contributed by atoms with Gasteiger partial charge in [0.1, 0.15) is 17.5 Å². The molecule has 100 valence electrons. The first-order valence-corrected chi connectivity index (χ1v) is 6.23. The smallest absolute Gasteiger partial charge is 0.313 e. The van der Waals surface area contributed by atoms with E-state index in [-0.39, 0.29) is 28.7 Å². The largest absolute Gasteiger partial charge is 0.481 e. The normalized spacial score (nSPS) is 10.6. The molecule has 5 nitrogen and oxygen atoms in total. The van der Waals surface area contributed by atoms with Crippen molar-refractivity contribution in [3.8, 4) is 0 Å². The molecule has 0 unspecified atom stereocenters. The van der Waals surface area contributed by atoms with Crippen molar-refractivity contribution in [1.82, 2.24) is 15.2 Å². The Morgan fingerprint density at radius 3 is 2.68 bits per heavy atom. The molecule has 0 saturated heterocycles. The van der Waals surface area contributed by atoms with E-state index in [1.165, 1.54) is 6.07 Å². The van der Waals surface area contributed by atoms with Crippen molar-refractivity contribution >= 4 is 17.7 Å². The first kappa shape index (κ1) is 13.5. The molecule has 1 aromatic carbocycles. The lowest BCUT2D eigenvalue weighted by atomic mass is 10.1. The predicted octanol–water partition coefficient (Wildman–Crippen LogP) is 1.85. The summed E-state index contributed by atoms with van der Waals surface area (Å²) in [5, 5.41) is 15.0.